The first-order valence-electron chi connectivity index (χ1n) is 9.36. The van der Waals surface area contributed by atoms with Crippen LogP contribution in [0.4, 0.5) is 0 Å². The number of benzene rings is 1. The van der Waals surface area contributed by atoms with Crippen LogP contribution < -0.4 is 4.74 Å². The van der Waals surface area contributed by atoms with E-state index >= 15 is 0 Å². The van der Waals surface area contributed by atoms with Crippen molar-refractivity contribution in [2.45, 2.75) is 64.4 Å². The highest BCUT2D eigenvalue weighted by Gasteiger charge is 2.14. The fraction of sp³-hybridized carbons (Fsp3) is 0.524. The lowest BCUT2D eigenvalue weighted by atomic mass is 10.0. The number of esters is 1. The first kappa shape index (κ1) is 21.7. The lowest BCUT2D eigenvalue weighted by Gasteiger charge is -2.17. The quantitative estimate of drug-likeness (QED) is 0.286. The lowest BCUT2D eigenvalue weighted by Crippen LogP contribution is -2.18. The summed E-state index contributed by atoms with van der Waals surface area (Å²) in [6, 6.07) is 6.57. The molecule has 0 amide bonds. The molecule has 0 aliphatic rings. The predicted molar refractivity (Wildman–Crippen MR) is 102 cm³/mol. The first-order chi connectivity index (χ1) is 12.6. The van der Waals surface area contributed by atoms with Crippen LogP contribution in [0.3, 0.4) is 0 Å². The Morgan fingerprint density at radius 1 is 1.12 bits per heavy atom. The molecule has 144 valence electrons. The van der Waals surface area contributed by atoms with Gasteiger partial charge in [-0.2, -0.15) is 0 Å². The van der Waals surface area contributed by atoms with E-state index < -0.39 is 11.9 Å². The van der Waals surface area contributed by atoms with Gasteiger partial charge in [-0.05, 0) is 37.8 Å². The highest BCUT2D eigenvalue weighted by molar-refractivity contribution is 5.90. The third-order valence-corrected chi connectivity index (χ3v) is 4.12. The van der Waals surface area contributed by atoms with E-state index in [2.05, 4.69) is 13.5 Å². The number of ether oxygens (including phenoxy) is 2. The molecule has 1 N–H and O–H groups in total. The monoisotopic (exact) mass is 362 g/mol. The fourth-order valence-corrected chi connectivity index (χ4v) is 2.71. The molecule has 0 saturated carbocycles. The van der Waals surface area contributed by atoms with Gasteiger partial charge in [0.15, 0.2) is 0 Å². The maximum absolute atomic E-state index is 11.5. The minimum Gasteiger partial charge on any atom is -0.493 e. The van der Waals surface area contributed by atoms with Gasteiger partial charge >= 0.3 is 11.9 Å². The van der Waals surface area contributed by atoms with E-state index in [1.165, 1.54) is 31.4 Å². The molecule has 0 aromatic heterocycles. The molecule has 5 heteroatoms. The molecule has 0 aliphatic carbocycles. The van der Waals surface area contributed by atoms with E-state index in [-0.39, 0.29) is 11.7 Å². The van der Waals surface area contributed by atoms with Gasteiger partial charge in [0.2, 0.25) is 0 Å². The Morgan fingerprint density at radius 2 is 1.81 bits per heavy atom. The minimum absolute atomic E-state index is 0.151. The normalized spacial score (nSPS) is 11.6. The molecule has 0 aliphatic heterocycles. The SMILES string of the molecule is C=CC(=O)OC(CCCCCCC)CCCOc1ccccc1C(=O)O. The molecule has 0 heterocycles. The maximum atomic E-state index is 11.5. The van der Waals surface area contributed by atoms with E-state index in [9.17, 15) is 9.59 Å². The van der Waals surface area contributed by atoms with Crippen molar-refractivity contribution in [3.05, 3.63) is 42.5 Å². The summed E-state index contributed by atoms with van der Waals surface area (Å²) in [6.45, 7) is 6.00. The van der Waals surface area contributed by atoms with Crippen molar-refractivity contribution in [1.82, 2.24) is 0 Å². The van der Waals surface area contributed by atoms with Gasteiger partial charge in [-0.1, -0.05) is 51.3 Å². The molecular formula is C21H30O5. The Labute approximate surface area is 156 Å². The molecule has 1 unspecified atom stereocenters. The van der Waals surface area contributed by atoms with Gasteiger partial charge in [-0.3, -0.25) is 0 Å². The predicted octanol–water partition coefficient (Wildman–Crippen LogP) is 5.00. The van der Waals surface area contributed by atoms with Crippen molar-refractivity contribution in [3.63, 3.8) is 0 Å². The van der Waals surface area contributed by atoms with Gasteiger partial charge in [-0.25, -0.2) is 9.59 Å². The number of para-hydroxylation sites is 1. The largest absolute Gasteiger partial charge is 0.493 e. The third kappa shape index (κ3) is 8.70. The number of hydrogen-bond donors (Lipinski definition) is 1. The van der Waals surface area contributed by atoms with E-state index in [4.69, 9.17) is 14.6 Å². The van der Waals surface area contributed by atoms with Crippen molar-refractivity contribution >= 4 is 11.9 Å². The molecule has 1 aromatic rings. The second-order valence-electron chi connectivity index (χ2n) is 6.26. The molecule has 0 saturated heterocycles. The molecule has 0 spiro atoms. The Kier molecular flexibility index (Phi) is 10.9. The number of carboxylic acids is 1. The summed E-state index contributed by atoms with van der Waals surface area (Å²) < 4.78 is 11.0. The summed E-state index contributed by atoms with van der Waals surface area (Å²) in [7, 11) is 0. The summed E-state index contributed by atoms with van der Waals surface area (Å²) in [5.74, 6) is -1.05. The second-order valence-corrected chi connectivity index (χ2v) is 6.26. The standard InChI is InChI=1S/C21H30O5/c1-3-5-6-7-8-12-17(26-20(22)4-2)13-11-16-25-19-15-10-9-14-18(19)21(23)24/h4,9-10,14-15,17H,2-3,5-8,11-13,16H2,1H3,(H,23,24). The number of aromatic carboxylic acids is 1. The van der Waals surface area contributed by atoms with Crippen molar-refractivity contribution in [3.8, 4) is 5.75 Å². The van der Waals surface area contributed by atoms with E-state index in [1.807, 2.05) is 0 Å². The summed E-state index contributed by atoms with van der Waals surface area (Å²) in [4.78, 5) is 22.7. The van der Waals surface area contributed by atoms with E-state index in [0.29, 0.717) is 25.2 Å². The van der Waals surface area contributed by atoms with E-state index in [0.717, 1.165) is 19.3 Å². The number of carboxylic acid groups (broad SMARTS) is 1. The number of unbranched alkanes of at least 4 members (excludes halogenated alkanes) is 4. The average molecular weight is 362 g/mol. The van der Waals surface area contributed by atoms with Crippen LogP contribution in [0.1, 0.15) is 68.6 Å². The fourth-order valence-electron chi connectivity index (χ4n) is 2.71. The van der Waals surface area contributed by atoms with E-state index in [1.54, 1.807) is 18.2 Å². The zero-order valence-corrected chi connectivity index (χ0v) is 15.6. The average Bonchev–Trinajstić information content (AvgIpc) is 2.64. The molecule has 0 radical (unpaired) electrons. The smallest absolute Gasteiger partial charge is 0.339 e. The van der Waals surface area contributed by atoms with Crippen LogP contribution in [0.5, 0.6) is 5.75 Å². The van der Waals surface area contributed by atoms with Crippen LogP contribution in [-0.4, -0.2) is 29.8 Å². The molecule has 26 heavy (non-hydrogen) atoms. The Balaban J connectivity index is 2.41. The topological polar surface area (TPSA) is 72.8 Å². The second kappa shape index (κ2) is 13.0. The van der Waals surface area contributed by atoms with Gasteiger partial charge in [0, 0.05) is 6.08 Å². The van der Waals surface area contributed by atoms with Crippen LogP contribution in [0, 0.1) is 0 Å². The number of rotatable bonds is 14. The summed E-state index contributed by atoms with van der Waals surface area (Å²) in [5.41, 5.74) is 0.151. The number of carbonyl (C=O) groups excluding carboxylic acids is 1. The lowest BCUT2D eigenvalue weighted by molar-refractivity contribution is -0.143. The van der Waals surface area contributed by atoms with Crippen LogP contribution in [0.2, 0.25) is 0 Å². The van der Waals surface area contributed by atoms with Crippen LogP contribution >= 0.6 is 0 Å². The molecule has 5 nitrogen and oxygen atoms in total. The van der Waals surface area contributed by atoms with Crippen molar-refractivity contribution in [1.29, 1.82) is 0 Å². The Morgan fingerprint density at radius 3 is 2.50 bits per heavy atom. The van der Waals surface area contributed by atoms with Gasteiger partial charge in [0.25, 0.3) is 0 Å². The number of carbonyl (C=O) groups is 2. The highest BCUT2D eigenvalue weighted by atomic mass is 16.5. The van der Waals surface area contributed by atoms with Gasteiger partial charge in [0.1, 0.15) is 17.4 Å². The van der Waals surface area contributed by atoms with Crippen molar-refractivity contribution in [2.24, 2.45) is 0 Å². The van der Waals surface area contributed by atoms with Crippen molar-refractivity contribution < 1.29 is 24.2 Å². The zero-order valence-electron chi connectivity index (χ0n) is 15.6. The first-order valence-corrected chi connectivity index (χ1v) is 9.36. The van der Waals surface area contributed by atoms with Crippen molar-refractivity contribution in [2.75, 3.05) is 6.61 Å². The Hall–Kier alpha value is -2.30. The number of hydrogen-bond acceptors (Lipinski definition) is 4. The van der Waals surface area contributed by atoms with Crippen LogP contribution in [0.25, 0.3) is 0 Å². The zero-order chi connectivity index (χ0) is 19.2. The molecular weight excluding hydrogens is 332 g/mol. The molecule has 1 aromatic carbocycles. The Bertz CT molecular complexity index is 567. The minimum atomic E-state index is -1.01. The maximum Gasteiger partial charge on any atom is 0.339 e. The van der Waals surface area contributed by atoms with Crippen LogP contribution in [-0.2, 0) is 9.53 Å². The third-order valence-electron chi connectivity index (χ3n) is 4.12. The van der Waals surface area contributed by atoms with Gasteiger partial charge in [-0.15, -0.1) is 0 Å². The molecule has 0 bridgehead atoms. The summed E-state index contributed by atoms with van der Waals surface area (Å²) in [6.07, 6.45) is 9.02. The van der Waals surface area contributed by atoms with Gasteiger partial charge in [0.05, 0.1) is 6.61 Å². The highest BCUT2D eigenvalue weighted by Crippen LogP contribution is 2.19. The molecule has 1 atom stereocenters. The summed E-state index contributed by atoms with van der Waals surface area (Å²) >= 11 is 0. The van der Waals surface area contributed by atoms with Gasteiger partial charge < -0.3 is 14.6 Å². The van der Waals surface area contributed by atoms with Crippen LogP contribution in [0.15, 0.2) is 36.9 Å². The summed E-state index contributed by atoms with van der Waals surface area (Å²) in [5, 5.41) is 9.15. The molecule has 1 rings (SSSR count). The molecule has 0 fully saturated rings.